The van der Waals surface area contributed by atoms with Crippen LogP contribution < -0.4 is 5.73 Å². The van der Waals surface area contributed by atoms with E-state index in [2.05, 4.69) is 43.3 Å². The quantitative estimate of drug-likeness (QED) is 0.807. The van der Waals surface area contributed by atoms with Crippen LogP contribution in [0, 0.1) is 0 Å². The van der Waals surface area contributed by atoms with E-state index in [9.17, 15) is 0 Å². The van der Waals surface area contributed by atoms with E-state index in [1.807, 2.05) is 11.3 Å². The highest BCUT2D eigenvalue weighted by atomic mass is 32.1. The van der Waals surface area contributed by atoms with Crippen LogP contribution in [0.3, 0.4) is 0 Å². The molecule has 2 atom stereocenters. The Morgan fingerprint density at radius 3 is 2.80 bits per heavy atom. The molecule has 2 nitrogen and oxygen atoms in total. The molecule has 0 spiro atoms. The molecule has 0 aromatic carbocycles. The molecule has 2 unspecified atom stereocenters. The second-order valence-electron chi connectivity index (χ2n) is 4.24. The third-order valence-corrected chi connectivity index (χ3v) is 3.77. The number of hydrogen-bond acceptors (Lipinski definition) is 3. The minimum atomic E-state index is 0.306. The van der Waals surface area contributed by atoms with E-state index in [4.69, 9.17) is 5.73 Å². The Hall–Kier alpha value is -0.380. The maximum absolute atomic E-state index is 5.95. The first-order valence-corrected chi connectivity index (χ1v) is 6.49. The second kappa shape index (κ2) is 6.26. The van der Waals surface area contributed by atoms with Gasteiger partial charge < -0.3 is 10.6 Å². The predicted octanol–water partition coefficient (Wildman–Crippen LogP) is 2.35. The highest BCUT2D eigenvalue weighted by molar-refractivity contribution is 7.09. The predicted molar refractivity (Wildman–Crippen MR) is 68.4 cm³/mol. The first-order chi connectivity index (χ1) is 7.13. The van der Waals surface area contributed by atoms with Crippen molar-refractivity contribution in [1.29, 1.82) is 0 Å². The van der Waals surface area contributed by atoms with E-state index in [-0.39, 0.29) is 0 Å². The Balaban J connectivity index is 2.36. The lowest BCUT2D eigenvalue weighted by Crippen LogP contribution is -2.40. The number of thiophene rings is 1. The van der Waals surface area contributed by atoms with Gasteiger partial charge in [0.1, 0.15) is 0 Å². The van der Waals surface area contributed by atoms with Crippen molar-refractivity contribution >= 4 is 11.3 Å². The average Bonchev–Trinajstić information content (AvgIpc) is 2.70. The fraction of sp³-hybridized carbons (Fsp3) is 0.667. The summed E-state index contributed by atoms with van der Waals surface area (Å²) in [5, 5.41) is 2.14. The zero-order chi connectivity index (χ0) is 11.3. The van der Waals surface area contributed by atoms with E-state index < -0.39 is 0 Å². The molecule has 3 heteroatoms. The molecule has 1 aromatic heterocycles. The molecule has 1 rings (SSSR count). The van der Waals surface area contributed by atoms with Gasteiger partial charge in [-0.1, -0.05) is 13.0 Å². The van der Waals surface area contributed by atoms with Gasteiger partial charge in [0.05, 0.1) is 0 Å². The number of hydrogen-bond donors (Lipinski definition) is 1. The lowest BCUT2D eigenvalue weighted by atomic mass is 10.1. The van der Waals surface area contributed by atoms with E-state index in [0.717, 1.165) is 19.4 Å². The van der Waals surface area contributed by atoms with Gasteiger partial charge in [0.2, 0.25) is 0 Å². The van der Waals surface area contributed by atoms with Crippen molar-refractivity contribution in [3.05, 3.63) is 22.4 Å². The van der Waals surface area contributed by atoms with Crippen molar-refractivity contribution in [2.45, 2.75) is 38.8 Å². The first-order valence-electron chi connectivity index (χ1n) is 5.61. The monoisotopic (exact) mass is 226 g/mol. The summed E-state index contributed by atoms with van der Waals surface area (Å²) < 4.78 is 0. The molecule has 0 bridgehead atoms. The van der Waals surface area contributed by atoms with Crippen LogP contribution in [0.2, 0.25) is 0 Å². The molecule has 1 heterocycles. The zero-order valence-electron chi connectivity index (χ0n) is 9.94. The Kier molecular flexibility index (Phi) is 5.29. The minimum Gasteiger partial charge on any atom is -0.327 e. The largest absolute Gasteiger partial charge is 0.327 e. The molecule has 0 amide bonds. The molecule has 15 heavy (non-hydrogen) atoms. The number of nitrogens with zero attached hydrogens (tertiary/aromatic N) is 1. The van der Waals surface area contributed by atoms with E-state index >= 15 is 0 Å². The number of nitrogens with two attached hydrogens (primary N) is 1. The van der Waals surface area contributed by atoms with Gasteiger partial charge >= 0.3 is 0 Å². The Morgan fingerprint density at radius 1 is 1.53 bits per heavy atom. The SMILES string of the molecule is CCC(N)CN(C)C(C)Cc1cccs1. The topological polar surface area (TPSA) is 29.3 Å². The highest BCUT2D eigenvalue weighted by Crippen LogP contribution is 2.13. The van der Waals surface area contributed by atoms with Crippen molar-refractivity contribution in [2.24, 2.45) is 5.73 Å². The summed E-state index contributed by atoms with van der Waals surface area (Å²) >= 11 is 1.84. The van der Waals surface area contributed by atoms with E-state index in [1.165, 1.54) is 4.88 Å². The molecule has 0 radical (unpaired) electrons. The fourth-order valence-corrected chi connectivity index (χ4v) is 2.38. The zero-order valence-corrected chi connectivity index (χ0v) is 10.8. The van der Waals surface area contributed by atoms with Gasteiger partial charge in [0.25, 0.3) is 0 Å². The summed E-state index contributed by atoms with van der Waals surface area (Å²) in [6, 6.07) is 5.20. The molecule has 2 N–H and O–H groups in total. The summed E-state index contributed by atoms with van der Waals surface area (Å²) in [5.41, 5.74) is 5.95. The lowest BCUT2D eigenvalue weighted by molar-refractivity contribution is 0.240. The summed E-state index contributed by atoms with van der Waals surface area (Å²) in [7, 11) is 2.16. The van der Waals surface area contributed by atoms with Crippen LogP contribution in [0.5, 0.6) is 0 Å². The minimum absolute atomic E-state index is 0.306. The molecule has 0 saturated carbocycles. The molecular weight excluding hydrogens is 204 g/mol. The van der Waals surface area contributed by atoms with Gasteiger partial charge in [0.15, 0.2) is 0 Å². The third-order valence-electron chi connectivity index (χ3n) is 2.88. The Bertz CT molecular complexity index is 259. The van der Waals surface area contributed by atoms with E-state index in [1.54, 1.807) is 0 Å². The van der Waals surface area contributed by atoms with Gasteiger partial charge in [-0.3, -0.25) is 0 Å². The summed E-state index contributed by atoms with van der Waals surface area (Å²) in [5.74, 6) is 0. The smallest absolute Gasteiger partial charge is 0.0165 e. The maximum atomic E-state index is 5.95. The van der Waals surface area contributed by atoms with Crippen molar-refractivity contribution < 1.29 is 0 Å². The van der Waals surface area contributed by atoms with Gasteiger partial charge in [0, 0.05) is 23.5 Å². The Labute approximate surface area is 97.1 Å². The molecule has 0 aliphatic heterocycles. The summed E-state index contributed by atoms with van der Waals surface area (Å²) in [6.45, 7) is 5.40. The van der Waals surface area contributed by atoms with Crippen LogP contribution in [0.25, 0.3) is 0 Å². The van der Waals surface area contributed by atoms with Crippen LogP contribution in [0.1, 0.15) is 25.1 Å². The highest BCUT2D eigenvalue weighted by Gasteiger charge is 2.12. The standard InChI is InChI=1S/C12H22N2S/c1-4-11(13)9-14(3)10(2)8-12-6-5-7-15-12/h5-7,10-11H,4,8-9,13H2,1-3H3. The van der Waals surface area contributed by atoms with Crippen molar-refractivity contribution in [2.75, 3.05) is 13.6 Å². The van der Waals surface area contributed by atoms with Gasteiger partial charge in [-0.25, -0.2) is 0 Å². The molecule has 0 saturated heterocycles. The summed E-state index contributed by atoms with van der Waals surface area (Å²) in [4.78, 5) is 3.81. The van der Waals surface area contributed by atoms with Crippen LogP contribution in [0.15, 0.2) is 17.5 Å². The second-order valence-corrected chi connectivity index (χ2v) is 5.27. The van der Waals surface area contributed by atoms with Gasteiger partial charge in [-0.2, -0.15) is 0 Å². The molecule has 86 valence electrons. The molecular formula is C12H22N2S. The lowest BCUT2D eigenvalue weighted by Gasteiger charge is -2.26. The fourth-order valence-electron chi connectivity index (χ4n) is 1.55. The molecule has 0 aliphatic carbocycles. The molecule has 1 aromatic rings. The first kappa shape index (κ1) is 12.7. The number of likely N-dealkylation sites (N-methyl/N-ethyl adjacent to an activating group) is 1. The normalized spacial score (nSPS) is 15.5. The summed E-state index contributed by atoms with van der Waals surface area (Å²) in [6.07, 6.45) is 2.18. The van der Waals surface area contributed by atoms with Crippen LogP contribution >= 0.6 is 11.3 Å². The van der Waals surface area contributed by atoms with Crippen LogP contribution in [0.4, 0.5) is 0 Å². The number of rotatable bonds is 6. The van der Waals surface area contributed by atoms with Crippen molar-refractivity contribution in [3.8, 4) is 0 Å². The maximum Gasteiger partial charge on any atom is 0.0165 e. The Morgan fingerprint density at radius 2 is 2.27 bits per heavy atom. The molecule has 0 aliphatic rings. The van der Waals surface area contributed by atoms with Crippen LogP contribution in [-0.2, 0) is 6.42 Å². The van der Waals surface area contributed by atoms with Crippen LogP contribution in [-0.4, -0.2) is 30.6 Å². The third kappa shape index (κ3) is 4.33. The van der Waals surface area contributed by atoms with Gasteiger partial charge in [-0.15, -0.1) is 11.3 Å². The van der Waals surface area contributed by atoms with Gasteiger partial charge in [-0.05, 0) is 38.3 Å². The van der Waals surface area contributed by atoms with Crippen molar-refractivity contribution in [3.63, 3.8) is 0 Å². The average molecular weight is 226 g/mol. The van der Waals surface area contributed by atoms with Crippen molar-refractivity contribution in [1.82, 2.24) is 4.90 Å². The molecule has 0 fully saturated rings. The van der Waals surface area contributed by atoms with E-state index in [0.29, 0.717) is 12.1 Å².